The molecule has 1 amide bonds. The minimum Gasteiger partial charge on any atom is -0.342 e. The number of benzene rings is 1. The molecule has 1 N–H and O–H groups in total. The van der Waals surface area contributed by atoms with Gasteiger partial charge in [0, 0.05) is 18.1 Å². The maximum Gasteiger partial charge on any atom is 0.227 e. The van der Waals surface area contributed by atoms with Crippen LogP contribution < -0.4 is 5.32 Å². The van der Waals surface area contributed by atoms with Crippen molar-refractivity contribution >= 4 is 29.9 Å². The quantitative estimate of drug-likeness (QED) is 0.894. The monoisotopic (exact) mass is 342 g/mol. The molecule has 3 nitrogen and oxygen atoms in total. The highest BCUT2D eigenvalue weighted by Gasteiger charge is 2.36. The minimum atomic E-state index is 0. The summed E-state index contributed by atoms with van der Waals surface area (Å²) in [4.78, 5) is 14.5. The molecule has 1 aromatic carbocycles. The highest BCUT2D eigenvalue weighted by molar-refractivity contribution is 6.31. The van der Waals surface area contributed by atoms with E-state index >= 15 is 0 Å². The first kappa shape index (κ1) is 17.6. The number of rotatable bonds is 2. The van der Waals surface area contributed by atoms with E-state index in [1.165, 1.54) is 12.8 Å². The minimum absolute atomic E-state index is 0. The third-order valence-corrected chi connectivity index (χ3v) is 5.51. The Bertz CT molecular complexity index is 505. The summed E-state index contributed by atoms with van der Waals surface area (Å²) in [6, 6.07) is 7.63. The van der Waals surface area contributed by atoms with Gasteiger partial charge >= 0.3 is 0 Å². The predicted octanol–water partition coefficient (Wildman–Crippen LogP) is 3.30. The molecular formula is C17H24Cl2N2O. The molecular weight excluding hydrogens is 319 g/mol. The van der Waals surface area contributed by atoms with E-state index in [0.717, 1.165) is 44.6 Å². The number of nitrogens with zero attached hydrogens (tertiary/aromatic N) is 1. The van der Waals surface area contributed by atoms with Crippen LogP contribution in [0.4, 0.5) is 0 Å². The Morgan fingerprint density at radius 3 is 2.41 bits per heavy atom. The third kappa shape index (κ3) is 3.95. The topological polar surface area (TPSA) is 32.3 Å². The number of nitrogens with one attached hydrogen (secondary N) is 1. The first-order chi connectivity index (χ1) is 10.2. The summed E-state index contributed by atoms with van der Waals surface area (Å²) in [5.41, 5.74) is 1.43. The Morgan fingerprint density at radius 1 is 1.14 bits per heavy atom. The number of halogens is 2. The lowest BCUT2D eigenvalue weighted by Crippen LogP contribution is -2.47. The fourth-order valence-corrected chi connectivity index (χ4v) is 3.81. The SMILES string of the molecule is Cl.O=C(Cc1ccccc1Cl)N1CCC2(CCNCC2)CC1. The number of carbonyl (C=O) groups excluding carboxylic acids is 1. The van der Waals surface area contributed by atoms with Crippen LogP contribution in [0.3, 0.4) is 0 Å². The van der Waals surface area contributed by atoms with Crippen LogP contribution in [0.5, 0.6) is 0 Å². The molecule has 1 spiro atoms. The molecule has 0 radical (unpaired) electrons. The number of hydrogen-bond donors (Lipinski definition) is 1. The fraction of sp³-hybridized carbons (Fsp3) is 0.588. The Balaban J connectivity index is 0.00000176. The molecule has 2 saturated heterocycles. The summed E-state index contributed by atoms with van der Waals surface area (Å²) in [6.07, 6.45) is 5.26. The van der Waals surface area contributed by atoms with Crippen LogP contribution in [0, 0.1) is 5.41 Å². The van der Waals surface area contributed by atoms with Crippen molar-refractivity contribution < 1.29 is 4.79 Å². The normalized spacial score (nSPS) is 20.5. The Hall–Kier alpha value is -0.770. The molecule has 2 fully saturated rings. The van der Waals surface area contributed by atoms with Crippen molar-refractivity contribution in [1.82, 2.24) is 10.2 Å². The van der Waals surface area contributed by atoms with Gasteiger partial charge in [0.15, 0.2) is 0 Å². The molecule has 5 heteroatoms. The summed E-state index contributed by atoms with van der Waals surface area (Å²) >= 11 is 6.15. The maximum absolute atomic E-state index is 12.4. The van der Waals surface area contributed by atoms with Crippen molar-refractivity contribution in [3.8, 4) is 0 Å². The lowest BCUT2D eigenvalue weighted by Gasteiger charge is -2.44. The zero-order valence-electron chi connectivity index (χ0n) is 12.8. The van der Waals surface area contributed by atoms with E-state index in [0.29, 0.717) is 16.9 Å². The molecule has 0 aliphatic carbocycles. The van der Waals surface area contributed by atoms with Crippen molar-refractivity contribution in [1.29, 1.82) is 0 Å². The molecule has 2 aliphatic rings. The van der Waals surface area contributed by atoms with Crippen molar-refractivity contribution in [3.63, 3.8) is 0 Å². The first-order valence-corrected chi connectivity index (χ1v) is 8.28. The fourth-order valence-electron chi connectivity index (χ4n) is 3.60. The lowest BCUT2D eigenvalue weighted by atomic mass is 9.71. The van der Waals surface area contributed by atoms with Crippen LogP contribution in [-0.2, 0) is 11.2 Å². The molecule has 122 valence electrons. The van der Waals surface area contributed by atoms with Crippen LogP contribution in [-0.4, -0.2) is 37.0 Å². The van der Waals surface area contributed by atoms with Crippen LogP contribution in [0.15, 0.2) is 24.3 Å². The summed E-state index contributed by atoms with van der Waals surface area (Å²) < 4.78 is 0. The smallest absolute Gasteiger partial charge is 0.227 e. The van der Waals surface area contributed by atoms with E-state index in [2.05, 4.69) is 5.32 Å². The first-order valence-electron chi connectivity index (χ1n) is 7.90. The average Bonchev–Trinajstić information content (AvgIpc) is 2.51. The molecule has 0 unspecified atom stereocenters. The highest BCUT2D eigenvalue weighted by atomic mass is 35.5. The van der Waals surface area contributed by atoms with Gasteiger partial charge in [-0.05, 0) is 55.8 Å². The van der Waals surface area contributed by atoms with Gasteiger partial charge in [-0.3, -0.25) is 4.79 Å². The van der Waals surface area contributed by atoms with Gasteiger partial charge in [0.25, 0.3) is 0 Å². The van der Waals surface area contributed by atoms with Crippen molar-refractivity contribution in [2.75, 3.05) is 26.2 Å². The molecule has 0 bridgehead atoms. The Kier molecular flexibility index (Phi) is 6.13. The summed E-state index contributed by atoms with van der Waals surface area (Å²) in [6.45, 7) is 4.08. The van der Waals surface area contributed by atoms with Gasteiger partial charge < -0.3 is 10.2 Å². The molecule has 0 atom stereocenters. The molecule has 22 heavy (non-hydrogen) atoms. The molecule has 2 heterocycles. The molecule has 2 aliphatic heterocycles. The molecule has 0 saturated carbocycles. The predicted molar refractivity (Wildman–Crippen MR) is 92.8 cm³/mol. The second-order valence-corrected chi connectivity index (χ2v) is 6.81. The van der Waals surface area contributed by atoms with Gasteiger partial charge in [0.2, 0.25) is 5.91 Å². The van der Waals surface area contributed by atoms with Gasteiger partial charge in [-0.15, -0.1) is 12.4 Å². The number of carbonyl (C=O) groups is 1. The lowest BCUT2D eigenvalue weighted by molar-refractivity contribution is -0.133. The van der Waals surface area contributed by atoms with E-state index in [9.17, 15) is 4.79 Å². The molecule has 0 aromatic heterocycles. The average molecular weight is 343 g/mol. The molecule has 1 aromatic rings. The van der Waals surface area contributed by atoms with Gasteiger partial charge in [0.05, 0.1) is 6.42 Å². The maximum atomic E-state index is 12.4. The van der Waals surface area contributed by atoms with E-state index in [4.69, 9.17) is 11.6 Å². The number of piperidine rings is 2. The van der Waals surface area contributed by atoms with Gasteiger partial charge in [0.1, 0.15) is 0 Å². The Labute approximate surface area is 143 Å². The number of hydrogen-bond acceptors (Lipinski definition) is 2. The van der Waals surface area contributed by atoms with Crippen LogP contribution in [0.1, 0.15) is 31.2 Å². The highest BCUT2D eigenvalue weighted by Crippen LogP contribution is 2.39. The number of likely N-dealkylation sites (tertiary alicyclic amines) is 1. The standard InChI is InChI=1S/C17H23ClN2O.ClH/c18-15-4-2-1-3-14(15)13-16(21)20-11-7-17(8-12-20)5-9-19-10-6-17;/h1-4,19H,5-13H2;1H. The van der Waals surface area contributed by atoms with E-state index in [-0.39, 0.29) is 18.3 Å². The summed E-state index contributed by atoms with van der Waals surface area (Å²) in [5, 5.41) is 4.13. The van der Waals surface area contributed by atoms with Crippen molar-refractivity contribution in [3.05, 3.63) is 34.9 Å². The summed E-state index contributed by atoms with van der Waals surface area (Å²) in [7, 11) is 0. The van der Waals surface area contributed by atoms with Crippen LogP contribution in [0.2, 0.25) is 5.02 Å². The van der Waals surface area contributed by atoms with Crippen LogP contribution >= 0.6 is 24.0 Å². The van der Waals surface area contributed by atoms with Gasteiger partial charge in [-0.2, -0.15) is 0 Å². The molecule has 3 rings (SSSR count). The van der Waals surface area contributed by atoms with Crippen LogP contribution in [0.25, 0.3) is 0 Å². The van der Waals surface area contributed by atoms with Crippen molar-refractivity contribution in [2.45, 2.75) is 32.1 Å². The largest absolute Gasteiger partial charge is 0.342 e. The Morgan fingerprint density at radius 2 is 1.77 bits per heavy atom. The van der Waals surface area contributed by atoms with E-state index in [1.54, 1.807) is 0 Å². The van der Waals surface area contributed by atoms with E-state index < -0.39 is 0 Å². The van der Waals surface area contributed by atoms with Crippen molar-refractivity contribution in [2.24, 2.45) is 5.41 Å². The zero-order valence-corrected chi connectivity index (χ0v) is 14.4. The van der Waals surface area contributed by atoms with Gasteiger partial charge in [-0.25, -0.2) is 0 Å². The zero-order chi connectivity index (χ0) is 14.7. The third-order valence-electron chi connectivity index (χ3n) is 5.14. The number of amides is 1. The summed E-state index contributed by atoms with van der Waals surface area (Å²) in [5.74, 6) is 0.215. The van der Waals surface area contributed by atoms with E-state index in [1.807, 2.05) is 29.2 Å². The second-order valence-electron chi connectivity index (χ2n) is 6.40. The van der Waals surface area contributed by atoms with Gasteiger partial charge in [-0.1, -0.05) is 29.8 Å². The second kappa shape index (κ2) is 7.67.